The summed E-state index contributed by atoms with van der Waals surface area (Å²) in [6.45, 7) is 1.66. The van der Waals surface area contributed by atoms with Gasteiger partial charge in [0.1, 0.15) is 11.6 Å². The molecule has 0 saturated carbocycles. The van der Waals surface area contributed by atoms with Gasteiger partial charge in [-0.15, -0.1) is 0 Å². The highest BCUT2D eigenvalue weighted by Gasteiger charge is 2.33. The van der Waals surface area contributed by atoms with Gasteiger partial charge in [0.15, 0.2) is 5.69 Å². The van der Waals surface area contributed by atoms with Crippen molar-refractivity contribution >= 4 is 0 Å². The first-order valence-electron chi connectivity index (χ1n) is 5.77. The maximum atomic E-state index is 13.0. The zero-order chi connectivity index (χ0) is 14.8. The number of alkyl halides is 3. The molecule has 1 heterocycles. The Bertz CT molecular complexity index is 614. The van der Waals surface area contributed by atoms with Crippen LogP contribution >= 0.6 is 0 Å². The van der Waals surface area contributed by atoms with E-state index in [1.807, 2.05) is 0 Å². The topological polar surface area (TPSA) is 35.0 Å². The van der Waals surface area contributed by atoms with Gasteiger partial charge in [-0.3, -0.25) is 0 Å². The van der Waals surface area contributed by atoms with Gasteiger partial charge in [0.2, 0.25) is 0 Å². The van der Waals surface area contributed by atoms with Crippen molar-refractivity contribution in [3.05, 3.63) is 47.5 Å². The number of rotatable bonds is 3. The Balaban J connectivity index is 2.36. The number of nitrogens with zero attached hydrogens (tertiary/aromatic N) is 2. The fraction of sp³-hybridized carbons (Fsp3) is 0.231. The molecular formula is C13H10F4N2O. The van der Waals surface area contributed by atoms with Crippen molar-refractivity contribution < 1.29 is 22.3 Å². The maximum absolute atomic E-state index is 13.0. The Morgan fingerprint density at radius 3 is 2.50 bits per heavy atom. The van der Waals surface area contributed by atoms with Gasteiger partial charge in [0, 0.05) is 11.8 Å². The molecule has 3 nitrogen and oxygen atoms in total. The lowest BCUT2D eigenvalue weighted by Crippen LogP contribution is -2.11. The largest absolute Gasteiger partial charge is 0.433 e. The van der Waals surface area contributed by atoms with Crippen LogP contribution in [0.25, 0.3) is 0 Å². The van der Waals surface area contributed by atoms with Gasteiger partial charge in [-0.05, 0) is 24.6 Å². The average Bonchev–Trinajstić information content (AvgIpc) is 2.37. The molecule has 0 unspecified atom stereocenters. The monoisotopic (exact) mass is 286 g/mol. The molecule has 2 aromatic rings. The molecule has 0 N–H and O–H groups in total. The summed E-state index contributed by atoms with van der Waals surface area (Å²) < 4.78 is 56.1. The number of aromatic nitrogens is 2. The molecular weight excluding hydrogens is 276 g/mol. The molecule has 106 valence electrons. The minimum absolute atomic E-state index is 0.0337. The number of hydrogen-bond donors (Lipinski definition) is 0. The van der Waals surface area contributed by atoms with Crippen LogP contribution < -0.4 is 4.74 Å². The highest BCUT2D eigenvalue weighted by atomic mass is 19.4. The standard InChI is InChI=1S/C13H10F4N2O/c1-2-9-7-11(13(15,16)17)19-12(18-9)20-10-5-3-4-8(14)6-10/h3-7H,2H2,1H3. The lowest BCUT2D eigenvalue weighted by Gasteiger charge is -2.10. The molecule has 0 bridgehead atoms. The Hall–Kier alpha value is -2.18. The number of halogens is 4. The summed E-state index contributed by atoms with van der Waals surface area (Å²) in [6, 6.07) is 5.41. The van der Waals surface area contributed by atoms with Crippen LogP contribution in [0.1, 0.15) is 18.3 Å². The maximum Gasteiger partial charge on any atom is 0.433 e. The van der Waals surface area contributed by atoms with Crippen LogP contribution in [0.4, 0.5) is 17.6 Å². The minimum Gasteiger partial charge on any atom is -0.424 e. The number of aryl methyl sites for hydroxylation is 1. The first kappa shape index (κ1) is 14.2. The number of ether oxygens (including phenoxy) is 1. The molecule has 7 heteroatoms. The van der Waals surface area contributed by atoms with Crippen molar-refractivity contribution in [2.24, 2.45) is 0 Å². The van der Waals surface area contributed by atoms with E-state index in [0.29, 0.717) is 6.42 Å². The molecule has 0 spiro atoms. The third kappa shape index (κ3) is 3.43. The summed E-state index contributed by atoms with van der Waals surface area (Å²) in [7, 11) is 0. The van der Waals surface area contributed by atoms with Crippen molar-refractivity contribution in [2.45, 2.75) is 19.5 Å². The number of benzene rings is 1. The first-order valence-corrected chi connectivity index (χ1v) is 5.77. The third-order valence-corrected chi connectivity index (χ3v) is 2.42. The van der Waals surface area contributed by atoms with E-state index in [1.54, 1.807) is 6.92 Å². The summed E-state index contributed by atoms with van der Waals surface area (Å²) >= 11 is 0. The summed E-state index contributed by atoms with van der Waals surface area (Å²) in [4.78, 5) is 7.13. The van der Waals surface area contributed by atoms with Crippen LogP contribution in [0.3, 0.4) is 0 Å². The van der Waals surface area contributed by atoms with Crippen LogP contribution in [0.5, 0.6) is 11.8 Å². The molecule has 20 heavy (non-hydrogen) atoms. The Morgan fingerprint density at radius 1 is 1.15 bits per heavy atom. The SMILES string of the molecule is CCc1cc(C(F)(F)F)nc(Oc2cccc(F)c2)n1. The molecule has 2 rings (SSSR count). The van der Waals surface area contributed by atoms with Gasteiger partial charge in [-0.2, -0.15) is 23.1 Å². The van der Waals surface area contributed by atoms with Crippen molar-refractivity contribution in [1.82, 2.24) is 9.97 Å². The average molecular weight is 286 g/mol. The van der Waals surface area contributed by atoms with Gasteiger partial charge in [0.05, 0.1) is 0 Å². The van der Waals surface area contributed by atoms with E-state index in [4.69, 9.17) is 4.74 Å². The van der Waals surface area contributed by atoms with Crippen LogP contribution in [0.15, 0.2) is 30.3 Å². The van der Waals surface area contributed by atoms with Crippen LogP contribution in [0.2, 0.25) is 0 Å². The first-order chi connectivity index (χ1) is 9.38. The second-order valence-electron chi connectivity index (χ2n) is 3.94. The smallest absolute Gasteiger partial charge is 0.424 e. The van der Waals surface area contributed by atoms with Crippen molar-refractivity contribution in [3.8, 4) is 11.8 Å². The van der Waals surface area contributed by atoms with Gasteiger partial charge in [-0.1, -0.05) is 13.0 Å². The molecule has 0 saturated heterocycles. The van der Waals surface area contributed by atoms with Crippen molar-refractivity contribution in [3.63, 3.8) is 0 Å². The summed E-state index contributed by atoms with van der Waals surface area (Å²) in [5.41, 5.74) is -0.894. The van der Waals surface area contributed by atoms with Crippen LogP contribution in [-0.2, 0) is 12.6 Å². The number of hydrogen-bond acceptors (Lipinski definition) is 3. The fourth-order valence-electron chi connectivity index (χ4n) is 1.48. The summed E-state index contributed by atoms with van der Waals surface area (Å²) in [6.07, 6.45) is -4.29. The van der Waals surface area contributed by atoms with E-state index < -0.39 is 23.7 Å². The Morgan fingerprint density at radius 2 is 1.90 bits per heavy atom. The molecule has 0 fully saturated rings. The van der Waals surface area contributed by atoms with E-state index in [9.17, 15) is 17.6 Å². The predicted octanol–water partition coefficient (Wildman–Crippen LogP) is 3.99. The molecule has 1 aromatic heterocycles. The normalized spacial score (nSPS) is 11.4. The van der Waals surface area contributed by atoms with E-state index in [2.05, 4.69) is 9.97 Å². The van der Waals surface area contributed by atoms with Gasteiger partial charge in [-0.25, -0.2) is 4.39 Å². The molecule has 0 radical (unpaired) electrons. The lowest BCUT2D eigenvalue weighted by atomic mass is 10.2. The van der Waals surface area contributed by atoms with E-state index in [1.165, 1.54) is 18.2 Å². The van der Waals surface area contributed by atoms with Gasteiger partial charge >= 0.3 is 12.2 Å². The molecule has 0 aliphatic rings. The van der Waals surface area contributed by atoms with Crippen molar-refractivity contribution in [2.75, 3.05) is 0 Å². The third-order valence-electron chi connectivity index (χ3n) is 2.42. The molecule has 0 atom stereocenters. The second kappa shape index (κ2) is 5.44. The predicted molar refractivity (Wildman–Crippen MR) is 62.9 cm³/mol. The molecule has 1 aromatic carbocycles. The molecule has 0 aliphatic heterocycles. The quantitative estimate of drug-likeness (QED) is 0.800. The van der Waals surface area contributed by atoms with E-state index in [0.717, 1.165) is 12.1 Å². The van der Waals surface area contributed by atoms with Crippen molar-refractivity contribution in [1.29, 1.82) is 0 Å². The zero-order valence-corrected chi connectivity index (χ0v) is 10.4. The minimum atomic E-state index is -4.59. The van der Waals surface area contributed by atoms with Gasteiger partial charge in [0.25, 0.3) is 0 Å². The van der Waals surface area contributed by atoms with Crippen LogP contribution in [-0.4, -0.2) is 9.97 Å². The van der Waals surface area contributed by atoms with Gasteiger partial charge < -0.3 is 4.74 Å². The zero-order valence-electron chi connectivity index (χ0n) is 10.4. The molecule has 0 aliphatic carbocycles. The highest BCUT2D eigenvalue weighted by Crippen LogP contribution is 2.30. The fourth-order valence-corrected chi connectivity index (χ4v) is 1.48. The Labute approximate surface area is 112 Å². The van der Waals surface area contributed by atoms with Crippen LogP contribution in [0, 0.1) is 5.82 Å². The Kier molecular flexibility index (Phi) is 3.87. The highest BCUT2D eigenvalue weighted by molar-refractivity contribution is 5.26. The molecule has 0 amide bonds. The van der Waals surface area contributed by atoms with E-state index >= 15 is 0 Å². The second-order valence-corrected chi connectivity index (χ2v) is 3.94. The lowest BCUT2D eigenvalue weighted by molar-refractivity contribution is -0.141. The van der Waals surface area contributed by atoms with E-state index in [-0.39, 0.29) is 11.4 Å². The summed E-state index contributed by atoms with van der Waals surface area (Å²) in [5, 5.41) is 0. The summed E-state index contributed by atoms with van der Waals surface area (Å²) in [5.74, 6) is -0.531.